The predicted molar refractivity (Wildman–Crippen MR) is 120 cm³/mol. The molecule has 2 aromatic rings. The van der Waals surface area contributed by atoms with Crippen LogP contribution in [0.4, 0.5) is 5.69 Å². The predicted octanol–water partition coefficient (Wildman–Crippen LogP) is 3.31. The second-order valence-corrected chi connectivity index (χ2v) is 9.22. The lowest BCUT2D eigenvalue weighted by molar-refractivity contribution is -0.116. The Morgan fingerprint density at radius 1 is 1.00 bits per heavy atom. The monoisotopic (exact) mass is 450 g/mol. The number of nitrogens with one attached hydrogen (secondary N) is 1. The van der Waals surface area contributed by atoms with E-state index in [1.807, 2.05) is 0 Å². The van der Waals surface area contributed by atoms with E-state index in [2.05, 4.69) is 5.32 Å². The molecule has 2 aromatic carbocycles. The van der Waals surface area contributed by atoms with Gasteiger partial charge in [-0.3, -0.25) is 4.79 Å². The Kier molecular flexibility index (Phi) is 8.29. The van der Waals surface area contributed by atoms with Crippen molar-refractivity contribution in [2.75, 3.05) is 33.7 Å². The second-order valence-electron chi connectivity index (χ2n) is 7.22. The molecule has 1 amide bonds. The van der Waals surface area contributed by atoms with Crippen LogP contribution >= 0.6 is 0 Å². The summed E-state index contributed by atoms with van der Waals surface area (Å²) in [7, 11) is 2.59. The van der Waals surface area contributed by atoms with E-state index >= 15 is 0 Å². The summed E-state index contributed by atoms with van der Waals surface area (Å²) in [5.74, 6) is 1.36. The van der Waals surface area contributed by atoms with Gasteiger partial charge in [-0.2, -0.15) is 4.31 Å². The minimum absolute atomic E-state index is 0.153. The molecular weight excluding hydrogens is 420 g/mol. The zero-order chi connectivity index (χ0) is 23.2. The van der Waals surface area contributed by atoms with Gasteiger partial charge in [-0.15, -0.1) is 0 Å². The van der Waals surface area contributed by atoms with Crippen LogP contribution in [0, 0.1) is 0 Å². The highest BCUT2D eigenvalue weighted by molar-refractivity contribution is 7.89. The fourth-order valence-electron chi connectivity index (χ4n) is 2.92. The smallest absolute Gasteiger partial charge is 0.243 e. The highest BCUT2D eigenvalue weighted by Gasteiger charge is 2.23. The van der Waals surface area contributed by atoms with Crippen LogP contribution in [0.25, 0.3) is 0 Å². The number of rotatable bonds is 10. The van der Waals surface area contributed by atoms with Gasteiger partial charge in [-0.25, -0.2) is 8.42 Å². The van der Waals surface area contributed by atoms with Crippen LogP contribution in [0.15, 0.2) is 41.3 Å². The molecule has 0 radical (unpaired) electrons. The van der Waals surface area contributed by atoms with Crippen molar-refractivity contribution in [1.29, 1.82) is 0 Å². The summed E-state index contributed by atoms with van der Waals surface area (Å²) in [6, 6.07) is 9.60. The van der Waals surface area contributed by atoms with Crippen LogP contribution in [0.1, 0.15) is 25.8 Å². The maximum Gasteiger partial charge on any atom is 0.243 e. The molecule has 0 heterocycles. The Bertz CT molecular complexity index is 978. The average Bonchev–Trinajstić information content (AvgIpc) is 2.76. The SMILES string of the molecule is COc1cc(CCC(=O)Nc2ccc(S(=O)(=O)N(C)C(C)C)cc2)cc(OC)c1OC. The fraction of sp³-hybridized carbons (Fsp3) is 0.409. The molecule has 0 unspecified atom stereocenters. The first kappa shape index (κ1) is 24.5. The lowest BCUT2D eigenvalue weighted by Gasteiger charge is -2.21. The van der Waals surface area contributed by atoms with Crippen molar-refractivity contribution in [3.8, 4) is 17.2 Å². The molecule has 0 fully saturated rings. The minimum Gasteiger partial charge on any atom is -0.493 e. The standard InChI is InChI=1S/C22H30N2O6S/c1-15(2)24(3)31(26,27)18-10-8-17(9-11-18)23-21(25)12-7-16-13-19(28-4)22(30-6)20(14-16)29-5/h8-11,13-15H,7,12H2,1-6H3,(H,23,25). The number of methoxy groups -OCH3 is 3. The topological polar surface area (TPSA) is 94.2 Å². The number of benzene rings is 2. The van der Waals surface area contributed by atoms with Crippen molar-refractivity contribution >= 4 is 21.6 Å². The van der Waals surface area contributed by atoms with E-state index in [-0.39, 0.29) is 23.3 Å². The van der Waals surface area contributed by atoms with Gasteiger partial charge in [0.15, 0.2) is 11.5 Å². The molecule has 0 atom stereocenters. The van der Waals surface area contributed by atoms with Gasteiger partial charge in [0, 0.05) is 25.2 Å². The van der Waals surface area contributed by atoms with Crippen LogP contribution in [0.3, 0.4) is 0 Å². The number of aryl methyl sites for hydroxylation is 1. The van der Waals surface area contributed by atoms with Crippen molar-refractivity contribution in [2.24, 2.45) is 0 Å². The minimum atomic E-state index is -3.56. The molecule has 0 aliphatic carbocycles. The van der Waals surface area contributed by atoms with E-state index in [1.54, 1.807) is 45.2 Å². The summed E-state index contributed by atoms with van der Waals surface area (Å²) in [6.45, 7) is 3.61. The van der Waals surface area contributed by atoms with Crippen molar-refractivity contribution < 1.29 is 27.4 Å². The first-order valence-corrected chi connectivity index (χ1v) is 11.2. The maximum atomic E-state index is 12.5. The third-order valence-corrected chi connectivity index (χ3v) is 6.96. The molecular formula is C22H30N2O6S. The number of hydrogen-bond acceptors (Lipinski definition) is 6. The van der Waals surface area contributed by atoms with Crippen molar-refractivity contribution in [2.45, 2.75) is 37.6 Å². The summed E-state index contributed by atoms with van der Waals surface area (Å²) >= 11 is 0. The van der Waals surface area contributed by atoms with Crippen LogP contribution < -0.4 is 19.5 Å². The van der Waals surface area contributed by atoms with E-state index in [0.29, 0.717) is 29.4 Å². The number of carbonyl (C=O) groups is 1. The Labute approximate surface area is 184 Å². The summed E-state index contributed by atoms with van der Waals surface area (Å²) in [4.78, 5) is 12.6. The van der Waals surface area contributed by atoms with Gasteiger partial charge in [-0.05, 0) is 62.2 Å². The highest BCUT2D eigenvalue weighted by atomic mass is 32.2. The zero-order valence-electron chi connectivity index (χ0n) is 18.8. The van der Waals surface area contributed by atoms with Gasteiger partial charge in [0.25, 0.3) is 0 Å². The third kappa shape index (κ3) is 5.89. The van der Waals surface area contributed by atoms with Gasteiger partial charge >= 0.3 is 0 Å². The van der Waals surface area contributed by atoms with E-state index < -0.39 is 10.0 Å². The summed E-state index contributed by atoms with van der Waals surface area (Å²) < 4.78 is 42.3. The molecule has 0 spiro atoms. The van der Waals surface area contributed by atoms with Gasteiger partial charge in [0.1, 0.15) is 0 Å². The van der Waals surface area contributed by atoms with Crippen molar-refractivity contribution in [3.63, 3.8) is 0 Å². The number of nitrogens with zero attached hydrogens (tertiary/aromatic N) is 1. The van der Waals surface area contributed by atoms with Gasteiger partial charge < -0.3 is 19.5 Å². The second kappa shape index (κ2) is 10.5. The van der Waals surface area contributed by atoms with Crippen molar-refractivity contribution in [1.82, 2.24) is 4.31 Å². The largest absolute Gasteiger partial charge is 0.493 e. The number of amides is 1. The molecule has 0 aromatic heterocycles. The number of ether oxygens (including phenoxy) is 3. The summed E-state index contributed by atoms with van der Waals surface area (Å²) in [6.07, 6.45) is 0.697. The maximum absolute atomic E-state index is 12.5. The molecule has 9 heteroatoms. The first-order chi connectivity index (χ1) is 14.6. The van der Waals surface area contributed by atoms with E-state index in [0.717, 1.165) is 5.56 Å². The zero-order valence-corrected chi connectivity index (χ0v) is 19.6. The molecule has 0 aliphatic heterocycles. The lowest BCUT2D eigenvalue weighted by Crippen LogP contribution is -2.33. The Morgan fingerprint density at radius 2 is 1.55 bits per heavy atom. The Balaban J connectivity index is 2.04. The molecule has 0 saturated heterocycles. The van der Waals surface area contributed by atoms with Crippen LogP contribution in [-0.4, -0.2) is 53.0 Å². The number of sulfonamides is 1. The third-order valence-electron chi connectivity index (χ3n) is 4.91. The summed E-state index contributed by atoms with van der Waals surface area (Å²) in [5.41, 5.74) is 1.39. The quantitative estimate of drug-likeness (QED) is 0.597. The van der Waals surface area contributed by atoms with Gasteiger partial charge in [0.2, 0.25) is 21.7 Å². The van der Waals surface area contributed by atoms with E-state index in [4.69, 9.17) is 14.2 Å². The number of hydrogen-bond donors (Lipinski definition) is 1. The Morgan fingerprint density at radius 3 is 2.00 bits per heavy atom. The molecule has 170 valence electrons. The van der Waals surface area contributed by atoms with Crippen LogP contribution in [-0.2, 0) is 21.2 Å². The molecule has 31 heavy (non-hydrogen) atoms. The van der Waals surface area contributed by atoms with E-state index in [1.165, 1.54) is 37.8 Å². The highest BCUT2D eigenvalue weighted by Crippen LogP contribution is 2.38. The average molecular weight is 451 g/mol. The molecule has 1 N–H and O–H groups in total. The molecule has 2 rings (SSSR count). The van der Waals surface area contributed by atoms with Crippen LogP contribution in [0.2, 0.25) is 0 Å². The number of carbonyl (C=O) groups excluding carboxylic acids is 1. The molecule has 8 nitrogen and oxygen atoms in total. The van der Waals surface area contributed by atoms with Gasteiger partial charge in [0.05, 0.1) is 26.2 Å². The lowest BCUT2D eigenvalue weighted by atomic mass is 10.1. The fourth-order valence-corrected chi connectivity index (χ4v) is 4.28. The van der Waals surface area contributed by atoms with Crippen molar-refractivity contribution in [3.05, 3.63) is 42.0 Å². The normalized spacial score (nSPS) is 11.5. The summed E-state index contributed by atoms with van der Waals surface area (Å²) in [5, 5.41) is 2.79. The van der Waals surface area contributed by atoms with Gasteiger partial charge in [-0.1, -0.05) is 0 Å². The molecule has 0 bridgehead atoms. The van der Waals surface area contributed by atoms with Crippen LogP contribution in [0.5, 0.6) is 17.2 Å². The first-order valence-electron chi connectivity index (χ1n) is 9.80. The number of anilines is 1. The Hall–Kier alpha value is -2.78. The van der Waals surface area contributed by atoms with E-state index in [9.17, 15) is 13.2 Å². The molecule has 0 saturated carbocycles. The molecule has 0 aliphatic rings.